The van der Waals surface area contributed by atoms with Crippen LogP contribution in [0, 0.1) is 5.82 Å². The van der Waals surface area contributed by atoms with Crippen molar-refractivity contribution in [2.45, 2.75) is 44.0 Å². The first-order valence-corrected chi connectivity index (χ1v) is 8.32. The van der Waals surface area contributed by atoms with E-state index in [1.165, 1.54) is 0 Å². The Morgan fingerprint density at radius 2 is 2.11 bits per heavy atom. The number of nitrogens with one attached hydrogen (secondary N) is 1. The molecule has 1 atom stereocenters. The molecule has 0 aliphatic rings. The summed E-state index contributed by atoms with van der Waals surface area (Å²) in [5.74, 6) is -0.648. The van der Waals surface area contributed by atoms with E-state index in [2.05, 4.69) is 20.7 Å². The highest BCUT2D eigenvalue weighted by atomic mass is 79.9. The highest BCUT2D eigenvalue weighted by molar-refractivity contribution is 9.10. The first-order valence-electron chi connectivity index (χ1n) is 6.04. The molecule has 1 aromatic rings. The molecule has 0 heterocycles. The van der Waals surface area contributed by atoms with Gasteiger partial charge in [0, 0.05) is 10.5 Å². The third-order valence-electron chi connectivity index (χ3n) is 2.69. The lowest BCUT2D eigenvalue weighted by molar-refractivity contribution is 0.533. The van der Waals surface area contributed by atoms with E-state index in [4.69, 9.17) is 5.73 Å². The molecule has 1 aromatic carbocycles. The number of anilines is 1. The van der Waals surface area contributed by atoms with Gasteiger partial charge < -0.3 is 5.73 Å². The fraction of sp³-hybridized carbons (Fsp3) is 0.500. The molecule has 0 radical (unpaired) electrons. The van der Waals surface area contributed by atoms with Crippen molar-refractivity contribution >= 4 is 31.6 Å². The van der Waals surface area contributed by atoms with Crippen LogP contribution in [0.15, 0.2) is 21.5 Å². The van der Waals surface area contributed by atoms with Gasteiger partial charge in [0.1, 0.15) is 5.82 Å². The van der Waals surface area contributed by atoms with E-state index in [1.807, 2.05) is 6.92 Å². The van der Waals surface area contributed by atoms with Crippen molar-refractivity contribution in [1.29, 1.82) is 0 Å². The molecule has 0 saturated carbocycles. The van der Waals surface area contributed by atoms with Crippen molar-refractivity contribution in [2.75, 3.05) is 5.73 Å². The summed E-state index contributed by atoms with van der Waals surface area (Å²) in [6.45, 7) is 3.84. The minimum absolute atomic E-state index is 0.0465. The number of unbranched alkanes of at least 4 members (excludes halogenated alkanes) is 1. The normalized spacial score (nSPS) is 13.5. The zero-order valence-electron chi connectivity index (χ0n) is 10.9. The van der Waals surface area contributed by atoms with Crippen molar-refractivity contribution in [1.82, 2.24) is 4.72 Å². The van der Waals surface area contributed by atoms with Crippen LogP contribution in [0.1, 0.15) is 33.1 Å². The van der Waals surface area contributed by atoms with Crippen molar-refractivity contribution in [2.24, 2.45) is 0 Å². The summed E-state index contributed by atoms with van der Waals surface area (Å²) in [6, 6.07) is 2.00. The summed E-state index contributed by atoms with van der Waals surface area (Å²) in [7, 11) is -3.70. The van der Waals surface area contributed by atoms with Crippen LogP contribution >= 0.6 is 15.9 Å². The fourth-order valence-corrected chi connectivity index (χ4v) is 3.98. The Balaban J connectivity index is 2.98. The molecule has 0 fully saturated rings. The maximum atomic E-state index is 13.2. The van der Waals surface area contributed by atoms with E-state index < -0.39 is 15.8 Å². The highest BCUT2D eigenvalue weighted by Crippen LogP contribution is 2.26. The minimum Gasteiger partial charge on any atom is -0.396 e. The molecule has 0 aliphatic heterocycles. The number of nitrogen functional groups attached to an aromatic ring is 1. The van der Waals surface area contributed by atoms with Gasteiger partial charge >= 0.3 is 0 Å². The quantitative estimate of drug-likeness (QED) is 0.772. The third-order valence-corrected chi connectivity index (χ3v) is 5.24. The number of halogens is 2. The van der Waals surface area contributed by atoms with Crippen LogP contribution in [-0.4, -0.2) is 14.5 Å². The second kappa shape index (κ2) is 6.67. The van der Waals surface area contributed by atoms with E-state index >= 15 is 0 Å². The summed E-state index contributed by atoms with van der Waals surface area (Å²) in [4.78, 5) is -0.0465. The molecular weight excluding hydrogens is 335 g/mol. The molecule has 0 amide bonds. The van der Waals surface area contributed by atoms with Crippen LogP contribution in [0.3, 0.4) is 0 Å². The van der Waals surface area contributed by atoms with E-state index in [0.717, 1.165) is 31.4 Å². The number of sulfonamides is 1. The van der Waals surface area contributed by atoms with Gasteiger partial charge in [-0.15, -0.1) is 0 Å². The Kier molecular flexibility index (Phi) is 5.76. The minimum atomic E-state index is -3.70. The SMILES string of the molecule is CCCCC(C)NS(=O)(=O)c1cc(N)c(F)cc1Br. The summed E-state index contributed by atoms with van der Waals surface area (Å²) in [5, 5.41) is 0. The number of hydrogen-bond donors (Lipinski definition) is 2. The molecule has 3 N–H and O–H groups in total. The predicted octanol–water partition coefficient (Wildman–Crippen LogP) is 3.03. The lowest BCUT2D eigenvalue weighted by atomic mass is 10.2. The largest absolute Gasteiger partial charge is 0.396 e. The monoisotopic (exact) mass is 352 g/mol. The summed E-state index contributed by atoms with van der Waals surface area (Å²) in [5.41, 5.74) is 5.22. The molecule has 108 valence electrons. The summed E-state index contributed by atoms with van der Waals surface area (Å²) < 4.78 is 40.3. The number of rotatable bonds is 6. The molecule has 19 heavy (non-hydrogen) atoms. The molecule has 1 rings (SSSR count). The van der Waals surface area contributed by atoms with Crippen LogP contribution in [0.2, 0.25) is 0 Å². The van der Waals surface area contributed by atoms with Gasteiger partial charge in [-0.1, -0.05) is 19.8 Å². The van der Waals surface area contributed by atoms with Crippen LogP contribution in [-0.2, 0) is 10.0 Å². The second-order valence-corrected chi connectivity index (χ2v) is 7.01. The lowest BCUT2D eigenvalue weighted by Crippen LogP contribution is -2.32. The molecule has 7 heteroatoms. The van der Waals surface area contributed by atoms with Crippen LogP contribution in [0.4, 0.5) is 10.1 Å². The van der Waals surface area contributed by atoms with Crippen molar-refractivity contribution in [3.63, 3.8) is 0 Å². The van der Waals surface area contributed by atoms with Crippen molar-refractivity contribution in [3.8, 4) is 0 Å². The van der Waals surface area contributed by atoms with Gasteiger partial charge in [-0.3, -0.25) is 0 Å². The average molecular weight is 353 g/mol. The van der Waals surface area contributed by atoms with Crippen molar-refractivity contribution in [3.05, 3.63) is 22.4 Å². The zero-order valence-corrected chi connectivity index (χ0v) is 13.3. The van der Waals surface area contributed by atoms with E-state index in [0.29, 0.717) is 0 Å². The Morgan fingerprint density at radius 3 is 2.68 bits per heavy atom. The lowest BCUT2D eigenvalue weighted by Gasteiger charge is -2.15. The smallest absolute Gasteiger partial charge is 0.242 e. The first kappa shape index (κ1) is 16.4. The van der Waals surface area contributed by atoms with Gasteiger partial charge in [0.15, 0.2) is 0 Å². The highest BCUT2D eigenvalue weighted by Gasteiger charge is 2.21. The van der Waals surface area contributed by atoms with Gasteiger partial charge in [0.2, 0.25) is 10.0 Å². The Morgan fingerprint density at radius 1 is 1.47 bits per heavy atom. The number of benzene rings is 1. The van der Waals surface area contributed by atoms with E-state index in [9.17, 15) is 12.8 Å². The maximum absolute atomic E-state index is 13.2. The van der Waals surface area contributed by atoms with Crippen LogP contribution < -0.4 is 10.5 Å². The number of nitrogens with two attached hydrogens (primary N) is 1. The van der Waals surface area contributed by atoms with Gasteiger partial charge in [-0.25, -0.2) is 17.5 Å². The molecule has 0 saturated heterocycles. The second-order valence-electron chi connectivity index (χ2n) is 4.47. The topological polar surface area (TPSA) is 72.2 Å². The van der Waals surface area contributed by atoms with E-state index in [-0.39, 0.29) is 21.1 Å². The molecule has 4 nitrogen and oxygen atoms in total. The maximum Gasteiger partial charge on any atom is 0.242 e. The molecule has 0 aromatic heterocycles. The fourth-order valence-electron chi connectivity index (χ4n) is 1.65. The number of hydrogen-bond acceptors (Lipinski definition) is 3. The molecular formula is C12H18BrFN2O2S. The Bertz CT molecular complexity index is 549. The van der Waals surface area contributed by atoms with E-state index in [1.54, 1.807) is 6.92 Å². The van der Waals surface area contributed by atoms with Gasteiger partial charge in [-0.2, -0.15) is 0 Å². The zero-order chi connectivity index (χ0) is 14.6. The standard InChI is InChI=1S/C12H18BrFN2O2S/c1-3-4-5-8(2)16-19(17,18)12-7-11(15)10(14)6-9(12)13/h6-8,16H,3-5,15H2,1-2H3. The third kappa shape index (κ3) is 4.43. The molecule has 0 aliphatic carbocycles. The average Bonchev–Trinajstić information content (AvgIpc) is 2.30. The molecule has 0 spiro atoms. The van der Waals surface area contributed by atoms with Gasteiger partial charge in [0.25, 0.3) is 0 Å². The molecule has 1 unspecified atom stereocenters. The van der Waals surface area contributed by atoms with Crippen molar-refractivity contribution < 1.29 is 12.8 Å². The molecule has 0 bridgehead atoms. The van der Waals surface area contributed by atoms with Gasteiger partial charge in [-0.05, 0) is 41.4 Å². The van der Waals surface area contributed by atoms with Crippen LogP contribution in [0.5, 0.6) is 0 Å². The van der Waals surface area contributed by atoms with Gasteiger partial charge in [0.05, 0.1) is 10.6 Å². The Hall–Kier alpha value is -0.660. The Labute approximate surface area is 121 Å². The summed E-state index contributed by atoms with van der Waals surface area (Å²) >= 11 is 3.04. The first-order chi connectivity index (χ1) is 8.77. The summed E-state index contributed by atoms with van der Waals surface area (Å²) in [6.07, 6.45) is 2.69. The van der Waals surface area contributed by atoms with Crippen LogP contribution in [0.25, 0.3) is 0 Å². The predicted molar refractivity (Wildman–Crippen MR) is 77.8 cm³/mol.